The molecule has 2 saturated heterocycles. The highest BCUT2D eigenvalue weighted by molar-refractivity contribution is 6.33. The third-order valence-corrected chi connectivity index (χ3v) is 12.3. The average molecular weight is 839 g/mol. The molecular formula is C52H57Cl2N5O. The Morgan fingerprint density at radius 3 is 1.62 bits per heavy atom. The molecule has 2 aliphatic heterocycles. The highest BCUT2D eigenvalue weighted by Gasteiger charge is 2.30. The minimum atomic E-state index is 0.00460. The minimum Gasteiger partial charge on any atom is -0.341 e. The van der Waals surface area contributed by atoms with Crippen molar-refractivity contribution in [2.45, 2.75) is 51.9 Å². The van der Waals surface area contributed by atoms with Crippen LogP contribution in [0.5, 0.6) is 0 Å². The Bertz CT molecular complexity index is 2290. The molecule has 310 valence electrons. The third-order valence-electron chi connectivity index (χ3n) is 11.6. The number of nitrogens with one attached hydrogen (secondary N) is 2. The van der Waals surface area contributed by atoms with Crippen molar-refractivity contribution in [2.75, 3.05) is 46.3 Å². The number of rotatable bonds is 10. The first kappa shape index (κ1) is 43.1. The zero-order valence-electron chi connectivity index (χ0n) is 35.1. The first-order valence-corrected chi connectivity index (χ1v) is 21.9. The monoisotopic (exact) mass is 837 g/mol. The van der Waals surface area contributed by atoms with Crippen molar-refractivity contribution in [3.05, 3.63) is 189 Å². The Kier molecular flexibility index (Phi) is 15.1. The molecule has 2 fully saturated rings. The lowest BCUT2D eigenvalue weighted by Gasteiger charge is -2.41. The fraction of sp³-hybridized carbons (Fsp3) is 0.288. The Balaban J connectivity index is 0.000000183. The van der Waals surface area contributed by atoms with Gasteiger partial charge in [-0.2, -0.15) is 0 Å². The lowest BCUT2D eigenvalue weighted by molar-refractivity contribution is 0.0906. The molecule has 0 radical (unpaired) electrons. The summed E-state index contributed by atoms with van der Waals surface area (Å²) >= 11 is 12.8. The second-order valence-electron chi connectivity index (χ2n) is 16.3. The number of piperazine rings is 2. The molecule has 0 saturated carbocycles. The number of carbonyl (C=O) groups is 1. The summed E-state index contributed by atoms with van der Waals surface area (Å²) in [5, 5.41) is 8.06. The predicted octanol–water partition coefficient (Wildman–Crippen LogP) is 10.7. The van der Waals surface area contributed by atoms with E-state index >= 15 is 0 Å². The Hall–Kier alpha value is -4.95. The standard InChI is InChI=1S/C27H30ClN3O.C25H27ClN2/c1-20-8-13-26(28)25(16-20)23-11-9-22(10-12-23)18-30-14-15-31(27(32)29-2)24(19-30)17-21-6-4-3-5-7-21;1-19-7-12-25(26)24(15-19)22-10-8-21(9-11-22)17-28-14-13-27-23(18-28)16-20-5-3-2-4-6-20/h3-13,16,24H,14-15,17-19H2,1-2H3,(H,29,32);2-12,15,23,27H,13-14,16-18H2,1H3/t24-;23-/m11/s1. The molecule has 6 aromatic rings. The van der Waals surface area contributed by atoms with Gasteiger partial charge in [0.05, 0.1) is 6.04 Å². The molecule has 2 N–H and O–H groups in total. The average Bonchev–Trinajstić information content (AvgIpc) is 3.27. The van der Waals surface area contributed by atoms with Gasteiger partial charge in [0.15, 0.2) is 0 Å². The van der Waals surface area contributed by atoms with Gasteiger partial charge in [-0.3, -0.25) is 9.80 Å². The van der Waals surface area contributed by atoms with Crippen LogP contribution in [0.2, 0.25) is 10.0 Å². The van der Waals surface area contributed by atoms with E-state index in [9.17, 15) is 4.79 Å². The van der Waals surface area contributed by atoms with Crippen LogP contribution in [0.4, 0.5) is 4.79 Å². The van der Waals surface area contributed by atoms with Crippen LogP contribution >= 0.6 is 23.2 Å². The van der Waals surface area contributed by atoms with E-state index in [1.807, 2.05) is 29.2 Å². The first-order chi connectivity index (χ1) is 29.2. The predicted molar refractivity (Wildman–Crippen MR) is 251 cm³/mol. The molecule has 60 heavy (non-hydrogen) atoms. The van der Waals surface area contributed by atoms with E-state index in [-0.39, 0.29) is 12.1 Å². The molecule has 6 nitrogen and oxygen atoms in total. The Morgan fingerprint density at radius 2 is 1.10 bits per heavy atom. The molecule has 0 aliphatic carbocycles. The van der Waals surface area contributed by atoms with E-state index in [0.717, 1.165) is 91.9 Å². The van der Waals surface area contributed by atoms with Crippen molar-refractivity contribution in [1.82, 2.24) is 25.3 Å². The van der Waals surface area contributed by atoms with E-state index in [0.29, 0.717) is 6.04 Å². The van der Waals surface area contributed by atoms with Gasteiger partial charge in [-0.15, -0.1) is 0 Å². The summed E-state index contributed by atoms with van der Waals surface area (Å²) in [6.07, 6.45) is 1.94. The molecule has 0 unspecified atom stereocenters. The molecule has 8 rings (SSSR count). The number of halogens is 2. The topological polar surface area (TPSA) is 50.9 Å². The maximum atomic E-state index is 12.4. The maximum Gasteiger partial charge on any atom is 0.317 e. The molecule has 2 amide bonds. The van der Waals surface area contributed by atoms with Gasteiger partial charge in [0, 0.05) is 86.6 Å². The molecule has 0 bridgehead atoms. The van der Waals surface area contributed by atoms with Crippen molar-refractivity contribution in [3.63, 3.8) is 0 Å². The summed E-state index contributed by atoms with van der Waals surface area (Å²) in [7, 11) is 1.70. The summed E-state index contributed by atoms with van der Waals surface area (Å²) < 4.78 is 0. The lowest BCUT2D eigenvalue weighted by Crippen LogP contribution is -2.57. The smallest absolute Gasteiger partial charge is 0.317 e. The van der Waals surface area contributed by atoms with Crippen molar-refractivity contribution in [2.24, 2.45) is 0 Å². The van der Waals surface area contributed by atoms with E-state index < -0.39 is 0 Å². The van der Waals surface area contributed by atoms with Crippen LogP contribution in [0.3, 0.4) is 0 Å². The number of aryl methyl sites for hydroxylation is 2. The summed E-state index contributed by atoms with van der Waals surface area (Å²) in [5.41, 5.74) is 12.2. The van der Waals surface area contributed by atoms with Crippen LogP contribution in [-0.4, -0.2) is 79.1 Å². The molecule has 0 spiro atoms. The van der Waals surface area contributed by atoms with Crippen LogP contribution in [0, 0.1) is 13.8 Å². The van der Waals surface area contributed by atoms with Gasteiger partial charge in [0.2, 0.25) is 0 Å². The number of hydrogen-bond donors (Lipinski definition) is 2. The van der Waals surface area contributed by atoms with E-state index in [2.05, 4.69) is 156 Å². The van der Waals surface area contributed by atoms with Crippen molar-refractivity contribution >= 4 is 29.2 Å². The molecular weight excluding hydrogens is 782 g/mol. The largest absolute Gasteiger partial charge is 0.341 e. The van der Waals surface area contributed by atoms with Crippen molar-refractivity contribution < 1.29 is 4.79 Å². The van der Waals surface area contributed by atoms with Crippen LogP contribution in [-0.2, 0) is 25.9 Å². The zero-order chi connectivity index (χ0) is 41.8. The van der Waals surface area contributed by atoms with Gasteiger partial charge in [-0.25, -0.2) is 4.79 Å². The van der Waals surface area contributed by atoms with Crippen molar-refractivity contribution in [3.8, 4) is 22.3 Å². The normalized spacial score (nSPS) is 17.1. The molecule has 2 atom stereocenters. The zero-order valence-corrected chi connectivity index (χ0v) is 36.6. The van der Waals surface area contributed by atoms with Gasteiger partial charge in [0.25, 0.3) is 0 Å². The van der Waals surface area contributed by atoms with Crippen molar-refractivity contribution in [1.29, 1.82) is 0 Å². The third kappa shape index (κ3) is 11.9. The second kappa shape index (κ2) is 21.0. The maximum absolute atomic E-state index is 12.4. The van der Waals surface area contributed by atoms with Gasteiger partial charge < -0.3 is 15.5 Å². The highest BCUT2D eigenvalue weighted by Crippen LogP contribution is 2.31. The SMILES string of the molecule is CNC(=O)N1CCN(Cc2ccc(-c3cc(C)ccc3Cl)cc2)C[C@H]1Cc1ccccc1.Cc1ccc(Cl)c(-c2ccc(CN3CCN[C@H](Cc4ccccc4)C3)cc2)c1. The molecule has 2 aliphatic rings. The number of hydrogen-bond acceptors (Lipinski definition) is 4. The van der Waals surface area contributed by atoms with Gasteiger partial charge in [-0.1, -0.05) is 156 Å². The molecule has 2 heterocycles. The molecule has 0 aromatic heterocycles. The van der Waals surface area contributed by atoms with Crippen LogP contribution < -0.4 is 10.6 Å². The number of nitrogens with zero attached hydrogens (tertiary/aromatic N) is 3. The van der Waals surface area contributed by atoms with E-state index in [4.69, 9.17) is 23.2 Å². The first-order valence-electron chi connectivity index (χ1n) is 21.2. The number of urea groups is 1. The summed E-state index contributed by atoms with van der Waals surface area (Å²) in [6.45, 7) is 11.7. The van der Waals surface area contributed by atoms with Crippen LogP contribution in [0.25, 0.3) is 22.3 Å². The Labute approximate surface area is 367 Å². The molecule has 6 aromatic carbocycles. The quantitative estimate of drug-likeness (QED) is 0.144. The highest BCUT2D eigenvalue weighted by atomic mass is 35.5. The number of carbonyl (C=O) groups excluding carboxylic acids is 1. The van der Waals surface area contributed by atoms with E-state index in [1.165, 1.54) is 38.9 Å². The Morgan fingerprint density at radius 1 is 0.600 bits per heavy atom. The van der Waals surface area contributed by atoms with Crippen LogP contribution in [0.1, 0.15) is 33.4 Å². The minimum absolute atomic E-state index is 0.00460. The summed E-state index contributed by atoms with van der Waals surface area (Å²) in [4.78, 5) is 19.4. The van der Waals surface area contributed by atoms with Gasteiger partial charge in [-0.05, 0) is 84.3 Å². The van der Waals surface area contributed by atoms with Gasteiger partial charge >= 0.3 is 6.03 Å². The number of benzene rings is 6. The summed E-state index contributed by atoms with van der Waals surface area (Å²) in [5.74, 6) is 0. The molecule has 8 heteroatoms. The fourth-order valence-electron chi connectivity index (χ4n) is 8.42. The number of amides is 2. The summed E-state index contributed by atoms with van der Waals surface area (Å²) in [6, 6.07) is 51.7. The fourth-order valence-corrected chi connectivity index (χ4v) is 8.88. The van der Waals surface area contributed by atoms with Gasteiger partial charge in [0.1, 0.15) is 0 Å². The lowest BCUT2D eigenvalue weighted by atomic mass is 10.0. The van der Waals surface area contributed by atoms with E-state index in [1.54, 1.807) is 7.05 Å². The van der Waals surface area contributed by atoms with Crippen LogP contribution in [0.15, 0.2) is 146 Å². The second-order valence-corrected chi connectivity index (χ2v) is 17.1.